The summed E-state index contributed by atoms with van der Waals surface area (Å²) < 4.78 is 5.36. The average Bonchev–Trinajstić information content (AvgIpc) is 2.77. The molecule has 1 saturated heterocycles. The van der Waals surface area contributed by atoms with Gasteiger partial charge in [0.25, 0.3) is 5.91 Å². The maximum Gasteiger partial charge on any atom is 0.263 e. The third-order valence-corrected chi connectivity index (χ3v) is 4.92. The van der Waals surface area contributed by atoms with Crippen LogP contribution in [0.15, 0.2) is 0 Å². The first-order chi connectivity index (χ1) is 9.56. The van der Waals surface area contributed by atoms with Crippen LogP contribution in [-0.4, -0.2) is 44.2 Å². The molecule has 5 nitrogen and oxygen atoms in total. The van der Waals surface area contributed by atoms with Crippen LogP contribution in [-0.2, 0) is 4.74 Å². The molecule has 2 heterocycles. The molecule has 0 bridgehead atoms. The molecule has 0 spiro atoms. The Labute approximate surface area is 124 Å². The lowest BCUT2D eigenvalue weighted by molar-refractivity contribution is 0.0512. The van der Waals surface area contributed by atoms with Crippen molar-refractivity contribution in [2.75, 3.05) is 33.4 Å². The lowest BCUT2D eigenvalue weighted by Gasteiger charge is -2.37. The van der Waals surface area contributed by atoms with Gasteiger partial charge in [0.15, 0.2) is 0 Å². The van der Waals surface area contributed by atoms with Gasteiger partial charge in [-0.2, -0.15) is 0 Å². The van der Waals surface area contributed by atoms with Crippen molar-refractivity contribution < 1.29 is 9.53 Å². The third-order valence-electron chi connectivity index (χ3n) is 3.85. The Morgan fingerprint density at radius 2 is 2.15 bits per heavy atom. The molecule has 0 aromatic carbocycles. The van der Waals surface area contributed by atoms with Gasteiger partial charge >= 0.3 is 0 Å². The van der Waals surface area contributed by atoms with Crippen molar-refractivity contribution in [2.45, 2.75) is 26.7 Å². The predicted octanol–water partition coefficient (Wildman–Crippen LogP) is 1.51. The van der Waals surface area contributed by atoms with Crippen molar-refractivity contribution >= 4 is 17.2 Å². The Hall–Kier alpha value is -0.980. The summed E-state index contributed by atoms with van der Waals surface area (Å²) in [5.74, 6) is -0.0119. The number of rotatable bonds is 5. The number of thiazole rings is 1. The number of aromatic nitrogens is 1. The van der Waals surface area contributed by atoms with E-state index in [4.69, 9.17) is 4.74 Å². The van der Waals surface area contributed by atoms with Crippen molar-refractivity contribution in [3.05, 3.63) is 15.6 Å². The van der Waals surface area contributed by atoms with E-state index in [1.165, 1.54) is 11.3 Å². The molecular weight excluding hydrogens is 274 g/mol. The summed E-state index contributed by atoms with van der Waals surface area (Å²) in [6.45, 7) is 7.13. The number of carbonyl (C=O) groups is 1. The van der Waals surface area contributed by atoms with E-state index in [1.807, 2.05) is 13.8 Å². The largest absolute Gasteiger partial charge is 0.384 e. The predicted molar refractivity (Wildman–Crippen MR) is 80.3 cm³/mol. The summed E-state index contributed by atoms with van der Waals surface area (Å²) in [4.78, 5) is 17.3. The van der Waals surface area contributed by atoms with Crippen LogP contribution in [0.5, 0.6) is 0 Å². The lowest BCUT2D eigenvalue weighted by atomic mass is 9.79. The highest BCUT2D eigenvalue weighted by Crippen LogP contribution is 2.28. The van der Waals surface area contributed by atoms with Gasteiger partial charge in [-0.15, -0.1) is 11.3 Å². The van der Waals surface area contributed by atoms with E-state index in [0.717, 1.165) is 41.5 Å². The minimum absolute atomic E-state index is 0.0119. The van der Waals surface area contributed by atoms with E-state index in [0.29, 0.717) is 13.2 Å². The Morgan fingerprint density at radius 1 is 1.45 bits per heavy atom. The fraction of sp³-hybridized carbons (Fsp3) is 0.714. The molecule has 1 aliphatic rings. The second-order valence-corrected chi connectivity index (χ2v) is 6.72. The number of carbonyl (C=O) groups excluding carboxylic acids is 1. The molecule has 0 atom stereocenters. The number of hydrogen-bond acceptors (Lipinski definition) is 5. The van der Waals surface area contributed by atoms with E-state index >= 15 is 0 Å². The van der Waals surface area contributed by atoms with Gasteiger partial charge in [-0.05, 0) is 39.8 Å². The molecule has 1 aromatic rings. The zero-order valence-electron chi connectivity index (χ0n) is 12.4. The first kappa shape index (κ1) is 15.4. The zero-order chi connectivity index (χ0) is 14.6. The van der Waals surface area contributed by atoms with Crippen molar-refractivity contribution in [2.24, 2.45) is 5.41 Å². The summed E-state index contributed by atoms with van der Waals surface area (Å²) in [6, 6.07) is 0. The number of piperidine rings is 1. The second kappa shape index (κ2) is 6.65. The molecule has 2 rings (SSSR count). The third kappa shape index (κ3) is 3.56. The van der Waals surface area contributed by atoms with Crippen LogP contribution in [0.3, 0.4) is 0 Å². The zero-order valence-corrected chi connectivity index (χ0v) is 13.2. The fourth-order valence-electron chi connectivity index (χ4n) is 2.73. The van der Waals surface area contributed by atoms with E-state index in [1.54, 1.807) is 7.11 Å². The highest BCUT2D eigenvalue weighted by Gasteiger charge is 2.32. The normalized spacial score (nSPS) is 17.9. The van der Waals surface area contributed by atoms with Crippen LogP contribution in [0.4, 0.5) is 0 Å². The van der Waals surface area contributed by atoms with Crippen molar-refractivity contribution in [1.29, 1.82) is 0 Å². The lowest BCUT2D eigenvalue weighted by Crippen LogP contribution is -2.47. The molecule has 0 radical (unpaired) electrons. The van der Waals surface area contributed by atoms with Gasteiger partial charge in [0.1, 0.15) is 4.88 Å². The fourth-order valence-corrected chi connectivity index (χ4v) is 3.56. The summed E-state index contributed by atoms with van der Waals surface area (Å²) >= 11 is 1.45. The van der Waals surface area contributed by atoms with Crippen LogP contribution in [0.1, 0.15) is 33.2 Å². The standard InChI is InChI=1S/C14H23N3O2S/c1-10-12(20-11(2)17-10)13(18)16-8-14(9-19-3)4-6-15-7-5-14/h15H,4-9H2,1-3H3,(H,16,18). The molecule has 1 aliphatic heterocycles. The van der Waals surface area contributed by atoms with E-state index < -0.39 is 0 Å². The molecule has 0 unspecified atom stereocenters. The van der Waals surface area contributed by atoms with Crippen LogP contribution >= 0.6 is 11.3 Å². The maximum absolute atomic E-state index is 12.3. The summed E-state index contributed by atoms with van der Waals surface area (Å²) in [5, 5.41) is 7.36. The number of methoxy groups -OCH3 is 1. The molecular formula is C14H23N3O2S. The molecule has 1 fully saturated rings. The number of nitrogens with one attached hydrogen (secondary N) is 2. The van der Waals surface area contributed by atoms with Gasteiger partial charge in [0, 0.05) is 19.1 Å². The van der Waals surface area contributed by atoms with Gasteiger partial charge in [-0.25, -0.2) is 4.98 Å². The monoisotopic (exact) mass is 297 g/mol. The Balaban J connectivity index is 1.98. The average molecular weight is 297 g/mol. The number of aryl methyl sites for hydroxylation is 2. The smallest absolute Gasteiger partial charge is 0.263 e. The van der Waals surface area contributed by atoms with Crippen LogP contribution in [0.25, 0.3) is 0 Å². The first-order valence-electron chi connectivity index (χ1n) is 6.98. The van der Waals surface area contributed by atoms with Gasteiger partial charge in [0.05, 0.1) is 17.3 Å². The van der Waals surface area contributed by atoms with Crippen molar-refractivity contribution in [3.8, 4) is 0 Å². The molecule has 1 amide bonds. The molecule has 2 N–H and O–H groups in total. The SMILES string of the molecule is COCC1(CNC(=O)c2sc(C)nc2C)CCNCC1. The molecule has 112 valence electrons. The molecule has 0 saturated carbocycles. The maximum atomic E-state index is 12.3. The number of ether oxygens (including phenoxy) is 1. The quantitative estimate of drug-likeness (QED) is 0.864. The topological polar surface area (TPSA) is 63.2 Å². The summed E-state index contributed by atoms with van der Waals surface area (Å²) in [6.07, 6.45) is 2.06. The second-order valence-electron chi connectivity index (χ2n) is 5.51. The van der Waals surface area contributed by atoms with Crippen LogP contribution in [0, 0.1) is 19.3 Å². The van der Waals surface area contributed by atoms with Gasteiger partial charge < -0.3 is 15.4 Å². The number of amides is 1. The molecule has 1 aromatic heterocycles. The minimum Gasteiger partial charge on any atom is -0.384 e. The first-order valence-corrected chi connectivity index (χ1v) is 7.80. The molecule has 6 heteroatoms. The summed E-state index contributed by atoms with van der Waals surface area (Å²) in [5.41, 5.74) is 0.875. The van der Waals surface area contributed by atoms with Gasteiger partial charge in [0.2, 0.25) is 0 Å². The van der Waals surface area contributed by atoms with E-state index in [2.05, 4.69) is 15.6 Å². The van der Waals surface area contributed by atoms with Crippen LogP contribution in [0.2, 0.25) is 0 Å². The van der Waals surface area contributed by atoms with E-state index in [-0.39, 0.29) is 11.3 Å². The molecule has 20 heavy (non-hydrogen) atoms. The Kier molecular flexibility index (Phi) is 5.12. The van der Waals surface area contributed by atoms with Gasteiger partial charge in [-0.3, -0.25) is 4.79 Å². The van der Waals surface area contributed by atoms with Gasteiger partial charge in [-0.1, -0.05) is 0 Å². The Morgan fingerprint density at radius 3 is 2.70 bits per heavy atom. The number of nitrogens with zero attached hydrogens (tertiary/aromatic N) is 1. The van der Waals surface area contributed by atoms with Crippen LogP contribution < -0.4 is 10.6 Å². The minimum atomic E-state index is -0.0119. The van der Waals surface area contributed by atoms with Crippen molar-refractivity contribution in [1.82, 2.24) is 15.6 Å². The highest BCUT2D eigenvalue weighted by atomic mass is 32.1. The molecule has 0 aliphatic carbocycles. The summed E-state index contributed by atoms with van der Waals surface area (Å²) in [7, 11) is 1.72. The Bertz CT molecular complexity index is 461. The highest BCUT2D eigenvalue weighted by molar-refractivity contribution is 7.13. The van der Waals surface area contributed by atoms with E-state index in [9.17, 15) is 4.79 Å². The number of hydrogen-bond donors (Lipinski definition) is 2. The van der Waals surface area contributed by atoms with Crippen molar-refractivity contribution in [3.63, 3.8) is 0 Å².